The highest BCUT2D eigenvalue weighted by Gasteiger charge is 2.37. The van der Waals surface area contributed by atoms with E-state index in [1.54, 1.807) is 42.5 Å². The van der Waals surface area contributed by atoms with E-state index in [4.69, 9.17) is 10.5 Å². The number of morpholine rings is 1. The van der Waals surface area contributed by atoms with Crippen LogP contribution in [0.4, 0.5) is 4.39 Å². The van der Waals surface area contributed by atoms with E-state index < -0.39 is 45.5 Å². The van der Waals surface area contributed by atoms with Gasteiger partial charge in [0, 0.05) is 44.0 Å². The van der Waals surface area contributed by atoms with Gasteiger partial charge in [-0.2, -0.15) is 13.5 Å². The Balaban J connectivity index is 1.52. The number of carbonyl (C=O) groups excluding carboxylic acids is 3. The molecule has 0 radical (unpaired) electrons. The maximum Gasteiger partial charge on any atom is 0.287 e. The maximum atomic E-state index is 14.3. The number of benzene rings is 2. The number of hydrogen-bond donors (Lipinski definition) is 2. The van der Waals surface area contributed by atoms with Crippen LogP contribution < -0.4 is 5.73 Å². The number of nitrogens with two attached hydrogens (primary N) is 1. The Kier molecular flexibility index (Phi) is 9.96. The molecule has 1 aliphatic heterocycles. The number of primary amides is 1. The zero-order valence-electron chi connectivity index (χ0n) is 24.5. The second-order valence-electron chi connectivity index (χ2n) is 10.6. The molecule has 3 heterocycles. The SMILES string of the molecule is NC(=O)C(=O)C(Cc1ccccc1)N(CS(=O)(=O)O)C(=O)c1cccnc1-n1ccc(-c2ccc(F)cc2CN2CCOCC2)n1. The van der Waals surface area contributed by atoms with Crippen molar-refractivity contribution in [3.8, 4) is 17.1 Å². The number of pyridine rings is 1. The molecular formula is C31H31FN6O7S. The van der Waals surface area contributed by atoms with E-state index in [9.17, 15) is 31.7 Å². The monoisotopic (exact) mass is 650 g/mol. The largest absolute Gasteiger partial charge is 0.379 e. The molecule has 5 rings (SSSR count). The Labute approximate surface area is 264 Å². The van der Waals surface area contributed by atoms with Crippen molar-refractivity contribution in [3.05, 3.63) is 102 Å². The number of ketones is 1. The van der Waals surface area contributed by atoms with Crippen LogP contribution in [-0.4, -0.2) is 93.4 Å². The lowest BCUT2D eigenvalue weighted by atomic mass is 10.00. The van der Waals surface area contributed by atoms with E-state index in [0.29, 0.717) is 60.1 Å². The minimum absolute atomic E-state index is 0.0269. The summed E-state index contributed by atoms with van der Waals surface area (Å²) in [6.45, 7) is 2.97. The van der Waals surface area contributed by atoms with Crippen molar-refractivity contribution in [2.75, 3.05) is 32.2 Å². The highest BCUT2D eigenvalue weighted by atomic mass is 32.2. The molecule has 0 saturated carbocycles. The molecule has 2 amide bonds. The number of amides is 2. The summed E-state index contributed by atoms with van der Waals surface area (Å²) in [7, 11) is -4.89. The highest BCUT2D eigenvalue weighted by Crippen LogP contribution is 2.26. The number of rotatable bonds is 12. The third kappa shape index (κ3) is 7.87. The van der Waals surface area contributed by atoms with Gasteiger partial charge < -0.3 is 15.4 Å². The van der Waals surface area contributed by atoms with Gasteiger partial charge >= 0.3 is 0 Å². The van der Waals surface area contributed by atoms with Crippen molar-refractivity contribution in [3.63, 3.8) is 0 Å². The molecule has 15 heteroatoms. The number of ether oxygens (including phenoxy) is 1. The van der Waals surface area contributed by atoms with Gasteiger partial charge in [-0.25, -0.2) is 14.1 Å². The first-order valence-electron chi connectivity index (χ1n) is 14.2. The van der Waals surface area contributed by atoms with Gasteiger partial charge in [0.1, 0.15) is 17.7 Å². The fourth-order valence-electron chi connectivity index (χ4n) is 5.24. The topological polar surface area (TPSA) is 178 Å². The summed E-state index contributed by atoms with van der Waals surface area (Å²) in [4.78, 5) is 46.1. The first-order chi connectivity index (χ1) is 22.0. The summed E-state index contributed by atoms with van der Waals surface area (Å²) in [6.07, 6.45) is 2.65. The molecule has 2 aromatic carbocycles. The molecule has 2 aromatic heterocycles. The van der Waals surface area contributed by atoms with E-state index in [1.165, 1.54) is 41.3 Å². The Morgan fingerprint density at radius 2 is 1.78 bits per heavy atom. The van der Waals surface area contributed by atoms with Crippen molar-refractivity contribution >= 4 is 27.7 Å². The van der Waals surface area contributed by atoms with E-state index in [-0.39, 0.29) is 17.8 Å². The normalized spacial score (nSPS) is 14.5. The minimum atomic E-state index is -4.89. The molecule has 13 nitrogen and oxygen atoms in total. The average Bonchev–Trinajstić information content (AvgIpc) is 3.52. The Bertz CT molecular complexity index is 1840. The predicted octanol–water partition coefficient (Wildman–Crippen LogP) is 1.86. The van der Waals surface area contributed by atoms with Crippen LogP contribution in [0.15, 0.2) is 79.1 Å². The third-order valence-corrected chi connectivity index (χ3v) is 8.03. The van der Waals surface area contributed by atoms with E-state index >= 15 is 0 Å². The van der Waals surface area contributed by atoms with E-state index in [2.05, 4.69) is 15.0 Å². The maximum absolute atomic E-state index is 14.3. The zero-order valence-corrected chi connectivity index (χ0v) is 25.3. The number of halogens is 1. The van der Waals surface area contributed by atoms with Crippen LogP contribution in [-0.2, 0) is 37.4 Å². The Morgan fingerprint density at radius 1 is 1.04 bits per heavy atom. The van der Waals surface area contributed by atoms with Crippen LogP contribution in [0.5, 0.6) is 0 Å². The summed E-state index contributed by atoms with van der Waals surface area (Å²) in [5, 5.41) is 4.60. The quantitative estimate of drug-likeness (QED) is 0.170. The molecule has 1 atom stereocenters. The molecule has 1 saturated heterocycles. The lowest BCUT2D eigenvalue weighted by molar-refractivity contribution is -0.138. The smallest absolute Gasteiger partial charge is 0.287 e. The van der Waals surface area contributed by atoms with Gasteiger partial charge in [-0.05, 0) is 47.5 Å². The van der Waals surface area contributed by atoms with Crippen molar-refractivity contribution in [1.82, 2.24) is 24.6 Å². The van der Waals surface area contributed by atoms with E-state index in [1.807, 2.05) is 0 Å². The van der Waals surface area contributed by atoms with Gasteiger partial charge in [-0.1, -0.05) is 30.3 Å². The van der Waals surface area contributed by atoms with E-state index in [0.717, 1.165) is 0 Å². The van der Waals surface area contributed by atoms with Crippen LogP contribution in [0.2, 0.25) is 0 Å². The van der Waals surface area contributed by atoms with Gasteiger partial charge in [0.2, 0.25) is 5.78 Å². The third-order valence-electron chi connectivity index (χ3n) is 7.42. The second kappa shape index (κ2) is 14.1. The fraction of sp³-hybridized carbons (Fsp3) is 0.258. The molecular weight excluding hydrogens is 619 g/mol. The first kappa shape index (κ1) is 32.6. The molecule has 1 fully saturated rings. The Hall–Kier alpha value is -4.83. The van der Waals surface area contributed by atoms with Crippen LogP contribution in [0.25, 0.3) is 17.1 Å². The molecule has 3 N–H and O–H groups in total. The van der Waals surface area contributed by atoms with Crippen molar-refractivity contribution in [2.45, 2.75) is 19.0 Å². The van der Waals surface area contributed by atoms with Gasteiger partial charge in [0.15, 0.2) is 5.82 Å². The van der Waals surface area contributed by atoms with Gasteiger partial charge in [-0.15, -0.1) is 0 Å². The van der Waals surface area contributed by atoms with Gasteiger partial charge in [0.25, 0.3) is 21.9 Å². The number of Topliss-reactive ketones (excluding diaryl/α,β-unsaturated/α-hetero) is 1. The summed E-state index contributed by atoms with van der Waals surface area (Å²) < 4.78 is 55.0. The zero-order chi connectivity index (χ0) is 32.8. The van der Waals surface area contributed by atoms with Crippen LogP contribution >= 0.6 is 0 Å². The van der Waals surface area contributed by atoms with Crippen molar-refractivity contribution in [1.29, 1.82) is 0 Å². The van der Waals surface area contributed by atoms with Crippen LogP contribution in [0.3, 0.4) is 0 Å². The molecule has 1 unspecified atom stereocenters. The second-order valence-corrected chi connectivity index (χ2v) is 12.1. The highest BCUT2D eigenvalue weighted by molar-refractivity contribution is 7.85. The average molecular weight is 651 g/mol. The minimum Gasteiger partial charge on any atom is -0.379 e. The predicted molar refractivity (Wildman–Crippen MR) is 164 cm³/mol. The fourth-order valence-corrected chi connectivity index (χ4v) is 5.89. The van der Waals surface area contributed by atoms with Crippen LogP contribution in [0, 0.1) is 5.82 Å². The number of hydrogen-bond acceptors (Lipinski definition) is 9. The number of nitrogens with zero attached hydrogens (tertiary/aromatic N) is 5. The van der Waals surface area contributed by atoms with Gasteiger partial charge in [-0.3, -0.25) is 23.8 Å². The molecule has 0 spiro atoms. The number of aromatic nitrogens is 3. The first-order valence-corrected chi connectivity index (χ1v) is 15.8. The lowest BCUT2D eigenvalue weighted by Gasteiger charge is -2.29. The lowest BCUT2D eigenvalue weighted by Crippen LogP contribution is -2.52. The summed E-state index contributed by atoms with van der Waals surface area (Å²) >= 11 is 0. The van der Waals surface area contributed by atoms with Gasteiger partial charge in [0.05, 0.1) is 24.5 Å². The van der Waals surface area contributed by atoms with Crippen LogP contribution in [0.1, 0.15) is 21.5 Å². The molecule has 240 valence electrons. The van der Waals surface area contributed by atoms with Crippen molar-refractivity contribution in [2.24, 2.45) is 5.73 Å². The molecule has 4 aromatic rings. The summed E-state index contributed by atoms with van der Waals surface area (Å²) in [5.74, 6) is -5.37. The summed E-state index contributed by atoms with van der Waals surface area (Å²) in [6, 6.07) is 15.4. The number of carbonyl (C=O) groups is 3. The molecule has 1 aliphatic rings. The molecule has 0 bridgehead atoms. The molecule has 0 aliphatic carbocycles. The Morgan fingerprint density at radius 3 is 2.48 bits per heavy atom. The summed E-state index contributed by atoms with van der Waals surface area (Å²) in [5.41, 5.74) is 7.42. The standard InChI is InChI=1S/C31H31FN6O7S/c32-23-8-9-24(22(18-23)19-36-13-15-45-16-14-36)26-10-12-38(35-26)30-25(7-4-11-34-30)31(41)37(20-46(42,43)44)27(28(39)29(33)40)17-21-5-2-1-3-6-21/h1-12,18,27H,13-17,19-20H2,(H2,33,40)(H,42,43,44). The molecule has 46 heavy (non-hydrogen) atoms. The van der Waals surface area contributed by atoms with Crippen molar-refractivity contribution < 1.29 is 36.5 Å².